The third kappa shape index (κ3) is 7.21. The van der Waals surface area contributed by atoms with Crippen LogP contribution in [0, 0.1) is 0 Å². The van der Waals surface area contributed by atoms with Gasteiger partial charge in [0.15, 0.2) is 12.2 Å². The van der Waals surface area contributed by atoms with E-state index in [0.29, 0.717) is 0 Å². The first-order valence-corrected chi connectivity index (χ1v) is 7.99. The molecular weight excluding hydrogens is 368 g/mol. The lowest BCUT2D eigenvalue weighted by Gasteiger charge is -2.43. The molecule has 0 aromatic rings. The molecule has 0 spiro atoms. The quantitative estimate of drug-likeness (QED) is 0.433. The van der Waals surface area contributed by atoms with Gasteiger partial charge in [0, 0.05) is 34.6 Å². The standard InChI is InChI=1S/C16H22O11/c1-7(17)22-6-12-13(23-8(2)18)14(24-9(3)19)15(25-10(4)20)16(27-12)26-11(5)21/h12-16H,6H2,1-5H3/t12?,13-,14-,15+,16-/m1/s1. The van der Waals surface area contributed by atoms with Crippen LogP contribution in [0.3, 0.4) is 0 Å². The van der Waals surface area contributed by atoms with Crippen LogP contribution in [0.2, 0.25) is 0 Å². The zero-order valence-electron chi connectivity index (χ0n) is 15.6. The molecule has 0 aliphatic carbocycles. The highest BCUT2D eigenvalue weighted by Crippen LogP contribution is 2.29. The summed E-state index contributed by atoms with van der Waals surface area (Å²) < 4.78 is 30.8. The number of carbonyl (C=O) groups excluding carboxylic acids is 5. The van der Waals surface area contributed by atoms with Gasteiger partial charge in [0.1, 0.15) is 12.7 Å². The van der Waals surface area contributed by atoms with Gasteiger partial charge in [0.25, 0.3) is 0 Å². The molecule has 1 saturated heterocycles. The van der Waals surface area contributed by atoms with Gasteiger partial charge >= 0.3 is 29.8 Å². The highest BCUT2D eigenvalue weighted by Gasteiger charge is 2.53. The van der Waals surface area contributed by atoms with Crippen molar-refractivity contribution in [2.45, 2.75) is 65.3 Å². The van der Waals surface area contributed by atoms with E-state index >= 15 is 0 Å². The zero-order valence-corrected chi connectivity index (χ0v) is 15.6. The van der Waals surface area contributed by atoms with Crippen molar-refractivity contribution in [2.24, 2.45) is 0 Å². The lowest BCUT2D eigenvalue weighted by Crippen LogP contribution is -2.63. The molecule has 11 heteroatoms. The van der Waals surface area contributed by atoms with E-state index in [1.54, 1.807) is 0 Å². The van der Waals surface area contributed by atoms with Gasteiger partial charge in [-0.25, -0.2) is 0 Å². The monoisotopic (exact) mass is 390 g/mol. The number of ether oxygens (including phenoxy) is 6. The Labute approximate surface area is 155 Å². The summed E-state index contributed by atoms with van der Waals surface area (Å²) in [5, 5.41) is 0. The summed E-state index contributed by atoms with van der Waals surface area (Å²) in [6.45, 7) is 5.13. The molecule has 5 atom stereocenters. The Kier molecular flexibility index (Phi) is 8.16. The summed E-state index contributed by atoms with van der Waals surface area (Å²) >= 11 is 0. The highest BCUT2D eigenvalue weighted by molar-refractivity contribution is 5.69. The van der Waals surface area contributed by atoms with E-state index in [2.05, 4.69) is 0 Å². The van der Waals surface area contributed by atoms with Crippen molar-refractivity contribution in [3.05, 3.63) is 0 Å². The van der Waals surface area contributed by atoms with Crippen molar-refractivity contribution < 1.29 is 52.4 Å². The Morgan fingerprint density at radius 2 is 1.07 bits per heavy atom. The fourth-order valence-electron chi connectivity index (χ4n) is 2.45. The predicted molar refractivity (Wildman–Crippen MR) is 83.7 cm³/mol. The van der Waals surface area contributed by atoms with Crippen molar-refractivity contribution in [1.82, 2.24) is 0 Å². The molecule has 0 aromatic carbocycles. The summed E-state index contributed by atoms with van der Waals surface area (Å²) in [5.41, 5.74) is 0. The SMILES string of the molecule is CC(=O)OCC1O[C@@H](OC(C)=O)[C@@H](OC(C)=O)[C@H](OC(C)=O)[C@@H]1OC(C)=O. The molecule has 152 valence electrons. The lowest BCUT2D eigenvalue weighted by atomic mass is 9.98. The van der Waals surface area contributed by atoms with Crippen molar-refractivity contribution >= 4 is 29.8 Å². The highest BCUT2D eigenvalue weighted by atomic mass is 16.7. The minimum absolute atomic E-state index is 0.393. The van der Waals surface area contributed by atoms with Gasteiger partial charge in [0.2, 0.25) is 12.4 Å². The molecule has 1 aliphatic rings. The first-order chi connectivity index (χ1) is 12.5. The first kappa shape index (κ1) is 22.4. The first-order valence-electron chi connectivity index (χ1n) is 7.99. The average Bonchev–Trinajstić information content (AvgIpc) is 2.49. The Bertz CT molecular complexity index is 599. The minimum atomic E-state index is -1.48. The molecule has 11 nitrogen and oxygen atoms in total. The van der Waals surface area contributed by atoms with Gasteiger partial charge in [-0.3, -0.25) is 24.0 Å². The Morgan fingerprint density at radius 3 is 1.52 bits per heavy atom. The van der Waals surface area contributed by atoms with Crippen molar-refractivity contribution in [2.75, 3.05) is 6.61 Å². The summed E-state index contributed by atoms with van der Waals surface area (Å²) in [6, 6.07) is 0. The van der Waals surface area contributed by atoms with E-state index in [-0.39, 0.29) is 0 Å². The Balaban J connectivity index is 3.29. The number of hydrogen-bond donors (Lipinski definition) is 0. The number of esters is 5. The molecule has 0 bridgehead atoms. The summed E-state index contributed by atoms with van der Waals surface area (Å²) in [6.07, 6.45) is -6.70. The van der Waals surface area contributed by atoms with Crippen LogP contribution in [0.4, 0.5) is 0 Å². The van der Waals surface area contributed by atoms with Gasteiger partial charge in [-0.1, -0.05) is 0 Å². The average molecular weight is 390 g/mol. The number of carbonyl (C=O) groups is 5. The van der Waals surface area contributed by atoms with Gasteiger partial charge < -0.3 is 28.4 Å². The number of rotatable bonds is 6. The van der Waals surface area contributed by atoms with E-state index in [4.69, 9.17) is 28.4 Å². The minimum Gasteiger partial charge on any atom is -0.463 e. The Hall–Kier alpha value is -2.69. The third-order valence-corrected chi connectivity index (χ3v) is 3.23. The molecule has 1 aliphatic heterocycles. The molecule has 1 fully saturated rings. The van der Waals surface area contributed by atoms with Crippen molar-refractivity contribution in [3.63, 3.8) is 0 Å². The fraction of sp³-hybridized carbons (Fsp3) is 0.688. The summed E-state index contributed by atoms with van der Waals surface area (Å²) in [7, 11) is 0. The van der Waals surface area contributed by atoms with Crippen LogP contribution in [0.1, 0.15) is 34.6 Å². The van der Waals surface area contributed by atoms with Crippen LogP contribution in [-0.4, -0.2) is 67.2 Å². The van der Waals surface area contributed by atoms with Crippen molar-refractivity contribution in [3.8, 4) is 0 Å². The summed E-state index contributed by atoms with van der Waals surface area (Å²) in [5.74, 6) is -3.71. The van der Waals surface area contributed by atoms with Crippen molar-refractivity contribution in [1.29, 1.82) is 0 Å². The second-order valence-electron chi connectivity index (χ2n) is 5.68. The molecule has 1 rings (SSSR count). The van der Waals surface area contributed by atoms with E-state index < -0.39 is 67.2 Å². The maximum absolute atomic E-state index is 11.5. The van der Waals surface area contributed by atoms with Crippen LogP contribution in [0.25, 0.3) is 0 Å². The summed E-state index contributed by atoms with van der Waals surface area (Å²) in [4.78, 5) is 57.0. The molecule has 1 heterocycles. The molecule has 27 heavy (non-hydrogen) atoms. The molecule has 0 saturated carbocycles. The normalized spacial score (nSPS) is 27.1. The fourth-order valence-corrected chi connectivity index (χ4v) is 2.45. The maximum Gasteiger partial charge on any atom is 0.305 e. The maximum atomic E-state index is 11.5. The van der Waals surface area contributed by atoms with Gasteiger partial charge in [-0.05, 0) is 0 Å². The molecule has 0 N–H and O–H groups in total. The largest absolute Gasteiger partial charge is 0.463 e. The third-order valence-electron chi connectivity index (χ3n) is 3.23. The molecule has 0 aromatic heterocycles. The second-order valence-corrected chi connectivity index (χ2v) is 5.68. The van der Waals surface area contributed by atoms with E-state index in [0.717, 1.165) is 34.6 Å². The van der Waals surface area contributed by atoms with Gasteiger partial charge in [0.05, 0.1) is 0 Å². The van der Waals surface area contributed by atoms with E-state index in [1.165, 1.54) is 0 Å². The van der Waals surface area contributed by atoms with Crippen LogP contribution in [0.5, 0.6) is 0 Å². The van der Waals surface area contributed by atoms with Crippen LogP contribution >= 0.6 is 0 Å². The van der Waals surface area contributed by atoms with Gasteiger partial charge in [-0.15, -0.1) is 0 Å². The lowest BCUT2D eigenvalue weighted by molar-refractivity contribution is -0.300. The Morgan fingerprint density at radius 1 is 0.630 bits per heavy atom. The van der Waals surface area contributed by atoms with Gasteiger partial charge in [-0.2, -0.15) is 0 Å². The molecule has 0 radical (unpaired) electrons. The van der Waals surface area contributed by atoms with Crippen LogP contribution in [-0.2, 0) is 52.4 Å². The molecule has 1 unspecified atom stereocenters. The molecular formula is C16H22O11. The van der Waals surface area contributed by atoms with Crippen LogP contribution < -0.4 is 0 Å². The molecule has 0 amide bonds. The van der Waals surface area contributed by atoms with E-state index in [9.17, 15) is 24.0 Å². The second kappa shape index (κ2) is 9.86. The smallest absolute Gasteiger partial charge is 0.305 e. The van der Waals surface area contributed by atoms with Crippen LogP contribution in [0.15, 0.2) is 0 Å². The number of hydrogen-bond acceptors (Lipinski definition) is 11. The van der Waals surface area contributed by atoms with E-state index in [1.807, 2.05) is 0 Å². The zero-order chi connectivity index (χ0) is 20.7. The topological polar surface area (TPSA) is 141 Å². The predicted octanol–water partition coefficient (Wildman–Crippen LogP) is -0.367.